The van der Waals surface area contributed by atoms with Gasteiger partial charge in [-0.05, 0) is 43.1 Å². The van der Waals surface area contributed by atoms with Crippen LogP contribution in [0.3, 0.4) is 0 Å². The summed E-state index contributed by atoms with van der Waals surface area (Å²) in [5.74, 6) is -2.82. The van der Waals surface area contributed by atoms with Crippen molar-refractivity contribution >= 4 is 33.9 Å². The highest BCUT2D eigenvalue weighted by molar-refractivity contribution is 6.02. The van der Waals surface area contributed by atoms with Crippen molar-refractivity contribution < 1.29 is 13.2 Å². The van der Waals surface area contributed by atoms with Gasteiger partial charge >= 0.3 is 0 Å². The van der Waals surface area contributed by atoms with Gasteiger partial charge in [-0.15, -0.1) is 0 Å². The van der Waals surface area contributed by atoms with E-state index < -0.39 is 23.4 Å². The Bertz CT molecular complexity index is 1600. The Morgan fingerprint density at radius 3 is 2.71 bits per heavy atom. The highest BCUT2D eigenvalue weighted by Crippen LogP contribution is 2.35. The van der Waals surface area contributed by atoms with Gasteiger partial charge in [-0.25, -0.2) is 19.3 Å². The number of hydrogen-bond donors (Lipinski definition) is 3. The Hall–Kier alpha value is -4.38. The molecule has 5 heterocycles. The van der Waals surface area contributed by atoms with Crippen LogP contribution in [-0.2, 0) is 0 Å². The normalized spacial score (nSPS) is 18.7. The molecule has 0 spiro atoms. The number of aromatic nitrogens is 5. The first-order valence-electron chi connectivity index (χ1n) is 12.2. The summed E-state index contributed by atoms with van der Waals surface area (Å²) in [5, 5.41) is 10.5. The van der Waals surface area contributed by atoms with Crippen molar-refractivity contribution in [3.63, 3.8) is 0 Å². The second kappa shape index (κ2) is 9.82. The minimum Gasteiger partial charge on any atom is -0.366 e. The minimum absolute atomic E-state index is 0.126. The number of hydrogen-bond acceptors (Lipinski definition) is 8. The van der Waals surface area contributed by atoms with Crippen LogP contribution in [-0.4, -0.2) is 44.1 Å². The fraction of sp³-hybridized carbons (Fsp3) is 0.222. The molecule has 3 N–H and O–H groups in total. The number of pyridine rings is 3. The van der Waals surface area contributed by atoms with E-state index in [2.05, 4.69) is 37.8 Å². The van der Waals surface area contributed by atoms with Crippen LogP contribution in [0.2, 0.25) is 0 Å². The van der Waals surface area contributed by atoms with Crippen molar-refractivity contribution in [2.24, 2.45) is 5.92 Å². The van der Waals surface area contributed by atoms with Gasteiger partial charge in [0.2, 0.25) is 11.8 Å². The molecule has 2 atom stereocenters. The molecule has 0 bridgehead atoms. The third kappa shape index (κ3) is 4.56. The lowest BCUT2D eigenvalue weighted by Crippen LogP contribution is -2.42. The molecule has 192 valence electrons. The van der Waals surface area contributed by atoms with E-state index in [1.54, 1.807) is 18.3 Å². The van der Waals surface area contributed by atoms with E-state index in [0.717, 1.165) is 36.0 Å². The maximum Gasteiger partial charge on any atom is 0.217 e. The topological polar surface area (TPSA) is 101 Å². The van der Waals surface area contributed by atoms with Crippen LogP contribution in [0, 0.1) is 23.5 Å². The Kier molecular flexibility index (Phi) is 6.20. The van der Waals surface area contributed by atoms with Gasteiger partial charge in [0.1, 0.15) is 11.6 Å². The lowest BCUT2D eigenvalue weighted by atomic mass is 9.94. The maximum absolute atomic E-state index is 14.2. The summed E-state index contributed by atoms with van der Waals surface area (Å²) in [6, 6.07) is 3.85. The summed E-state index contributed by atoms with van der Waals surface area (Å²) in [4.78, 5) is 21.6. The molecule has 6 rings (SSSR count). The first-order valence-corrected chi connectivity index (χ1v) is 12.2. The summed E-state index contributed by atoms with van der Waals surface area (Å²) in [6.07, 6.45) is 11.9. The average Bonchev–Trinajstić information content (AvgIpc) is 2.87. The monoisotopic (exact) mass is 516 g/mol. The molecular formula is C27H23F3N8. The summed E-state index contributed by atoms with van der Waals surface area (Å²) in [5.41, 5.74) is 3.21. The number of allylic oxidation sites excluding steroid dienone is 4. The number of nitrogens with one attached hydrogen (secondary N) is 3. The van der Waals surface area contributed by atoms with Gasteiger partial charge in [0.05, 0.1) is 17.1 Å². The molecule has 0 aromatic carbocycles. The highest BCUT2D eigenvalue weighted by atomic mass is 19.2. The Labute approximate surface area is 216 Å². The van der Waals surface area contributed by atoms with Crippen molar-refractivity contribution in [3.05, 3.63) is 78.2 Å². The van der Waals surface area contributed by atoms with Gasteiger partial charge in [0.25, 0.3) is 0 Å². The van der Waals surface area contributed by atoms with Crippen LogP contribution in [0.5, 0.6) is 0 Å². The summed E-state index contributed by atoms with van der Waals surface area (Å²) in [7, 11) is 0. The Balaban J connectivity index is 1.42. The molecule has 11 heteroatoms. The Morgan fingerprint density at radius 2 is 1.92 bits per heavy atom. The lowest BCUT2D eigenvalue weighted by molar-refractivity contribution is 0.368. The van der Waals surface area contributed by atoms with Crippen LogP contribution in [0.4, 0.5) is 30.6 Å². The van der Waals surface area contributed by atoms with Crippen molar-refractivity contribution in [1.82, 2.24) is 30.2 Å². The predicted molar refractivity (Wildman–Crippen MR) is 139 cm³/mol. The van der Waals surface area contributed by atoms with E-state index in [4.69, 9.17) is 9.97 Å². The summed E-state index contributed by atoms with van der Waals surface area (Å²) in [6.45, 7) is 4.00. The quantitative estimate of drug-likeness (QED) is 0.308. The smallest absolute Gasteiger partial charge is 0.217 e. The second-order valence-corrected chi connectivity index (χ2v) is 9.32. The Morgan fingerprint density at radius 1 is 1.05 bits per heavy atom. The second-order valence-electron chi connectivity index (χ2n) is 9.32. The number of halogens is 3. The van der Waals surface area contributed by atoms with Crippen LogP contribution in [0.15, 0.2) is 55.0 Å². The first-order chi connectivity index (χ1) is 18.5. The molecule has 0 saturated carbocycles. The van der Waals surface area contributed by atoms with Gasteiger partial charge in [-0.3, -0.25) is 4.98 Å². The van der Waals surface area contributed by atoms with E-state index in [-0.39, 0.29) is 11.9 Å². The summed E-state index contributed by atoms with van der Waals surface area (Å²) < 4.78 is 41.4. The molecule has 4 aromatic heterocycles. The number of rotatable bonds is 6. The van der Waals surface area contributed by atoms with E-state index in [9.17, 15) is 13.2 Å². The summed E-state index contributed by atoms with van der Waals surface area (Å²) >= 11 is 0. The molecule has 1 saturated heterocycles. The number of fused-ring (bicyclic) bond motifs is 1. The van der Waals surface area contributed by atoms with Crippen LogP contribution < -0.4 is 16.0 Å². The highest BCUT2D eigenvalue weighted by Gasteiger charge is 2.24. The maximum atomic E-state index is 14.2. The van der Waals surface area contributed by atoms with Gasteiger partial charge in [-0.1, -0.05) is 25.2 Å². The molecule has 0 radical (unpaired) electrons. The molecule has 1 fully saturated rings. The number of anilines is 3. The fourth-order valence-electron chi connectivity index (χ4n) is 4.62. The molecule has 0 unspecified atom stereocenters. The van der Waals surface area contributed by atoms with Crippen molar-refractivity contribution in [3.8, 4) is 11.4 Å². The van der Waals surface area contributed by atoms with Crippen molar-refractivity contribution in [2.75, 3.05) is 23.7 Å². The number of nitrogens with zero attached hydrogens (tertiary/aromatic N) is 5. The van der Waals surface area contributed by atoms with Gasteiger partial charge in [0, 0.05) is 35.6 Å². The molecular weight excluding hydrogens is 493 g/mol. The fourth-order valence-corrected chi connectivity index (χ4v) is 4.62. The zero-order valence-electron chi connectivity index (χ0n) is 20.3. The van der Waals surface area contributed by atoms with Crippen LogP contribution in [0.25, 0.3) is 27.9 Å². The molecule has 38 heavy (non-hydrogen) atoms. The third-order valence-corrected chi connectivity index (χ3v) is 6.72. The molecule has 1 aliphatic carbocycles. The lowest BCUT2D eigenvalue weighted by Gasteiger charge is -2.31. The van der Waals surface area contributed by atoms with Crippen LogP contribution in [0.1, 0.15) is 18.9 Å². The molecule has 0 amide bonds. The largest absolute Gasteiger partial charge is 0.366 e. The first kappa shape index (κ1) is 24.0. The van der Waals surface area contributed by atoms with Crippen LogP contribution >= 0.6 is 0 Å². The van der Waals surface area contributed by atoms with E-state index in [0.29, 0.717) is 34.7 Å². The predicted octanol–water partition coefficient (Wildman–Crippen LogP) is 5.01. The van der Waals surface area contributed by atoms with Crippen molar-refractivity contribution in [1.29, 1.82) is 0 Å². The standard InChI is InChI=1S/C27H23F3N8/c1-14-11-31-7-6-19(14)34-26-23-17(15-3-2-4-15)12-32-13-20(23)35-25(38-26)16-5-8-33-22(9-16)37-27-24(30)18(28)10-21(29)36-27/h2-5,8-10,12-14,19,31H,6-7,11H2,1H3,(H,33,36,37)(H,34,35,38)/t14-,19-/m0/s1. The number of piperidine rings is 1. The molecule has 8 nitrogen and oxygen atoms in total. The average molecular weight is 517 g/mol. The van der Waals surface area contributed by atoms with E-state index in [1.165, 1.54) is 6.20 Å². The molecule has 1 aliphatic heterocycles. The minimum atomic E-state index is -1.35. The SMILES string of the molecule is C[C@H]1CNCC[C@@H]1Nc1nc(-c2ccnc(Nc3nc(F)cc(F)c3F)c2)nc2cncc(C3=CC=C3)c12. The van der Waals surface area contributed by atoms with E-state index in [1.807, 2.05) is 24.4 Å². The van der Waals surface area contributed by atoms with Gasteiger partial charge in [0.15, 0.2) is 17.5 Å². The van der Waals surface area contributed by atoms with Crippen molar-refractivity contribution in [2.45, 2.75) is 19.4 Å². The van der Waals surface area contributed by atoms with E-state index >= 15 is 0 Å². The molecule has 2 aliphatic rings. The zero-order chi connectivity index (χ0) is 26.2. The zero-order valence-corrected chi connectivity index (χ0v) is 20.3. The van der Waals surface area contributed by atoms with Gasteiger partial charge in [-0.2, -0.15) is 13.8 Å². The third-order valence-electron chi connectivity index (χ3n) is 6.72. The van der Waals surface area contributed by atoms with Gasteiger partial charge < -0.3 is 16.0 Å². The molecule has 4 aromatic rings.